The van der Waals surface area contributed by atoms with Crippen LogP contribution in [0.4, 0.5) is 0 Å². The Morgan fingerprint density at radius 1 is 1.41 bits per heavy atom. The van der Waals surface area contributed by atoms with Crippen molar-refractivity contribution in [2.45, 2.75) is 38.6 Å². The van der Waals surface area contributed by atoms with Crippen LogP contribution in [0.25, 0.3) is 0 Å². The third kappa shape index (κ3) is 5.33. The molecular weight excluding hydrogens is 240 g/mol. The lowest BCUT2D eigenvalue weighted by Crippen LogP contribution is -2.33. The van der Waals surface area contributed by atoms with Crippen LogP contribution in [0.2, 0.25) is 0 Å². The van der Waals surface area contributed by atoms with E-state index >= 15 is 0 Å². The summed E-state index contributed by atoms with van der Waals surface area (Å²) in [5, 5.41) is 9.14. The second-order valence-corrected chi connectivity index (χ2v) is 6.61. The lowest BCUT2D eigenvalue weighted by atomic mass is 10.2. The number of rotatable bonds is 8. The molecule has 1 aliphatic heterocycles. The van der Waals surface area contributed by atoms with E-state index in [1.54, 1.807) is 6.92 Å². The molecule has 0 aromatic carbocycles. The molecule has 1 aliphatic rings. The predicted molar refractivity (Wildman–Crippen MR) is 68.4 cm³/mol. The van der Waals surface area contributed by atoms with Crippen LogP contribution >= 0.6 is 0 Å². The summed E-state index contributed by atoms with van der Waals surface area (Å²) in [6.45, 7) is 4.42. The summed E-state index contributed by atoms with van der Waals surface area (Å²) < 4.78 is 24.9. The summed E-state index contributed by atoms with van der Waals surface area (Å²) in [6.07, 6.45) is 4.07. The lowest BCUT2D eigenvalue weighted by molar-refractivity contribution is 0.157. The highest BCUT2D eigenvalue weighted by molar-refractivity contribution is 7.89. The van der Waals surface area contributed by atoms with Crippen LogP contribution in [0.1, 0.15) is 32.6 Å². The van der Waals surface area contributed by atoms with Crippen LogP contribution in [0, 0.1) is 0 Å². The monoisotopic (exact) mass is 264 g/mol. The number of likely N-dealkylation sites (tertiary alicyclic amines) is 1. The van der Waals surface area contributed by atoms with E-state index in [1.165, 1.54) is 0 Å². The Kier molecular flexibility index (Phi) is 6.40. The molecule has 0 bridgehead atoms. The van der Waals surface area contributed by atoms with Gasteiger partial charge in [-0.2, -0.15) is 0 Å². The largest absolute Gasteiger partial charge is 0.395 e. The molecule has 1 atom stereocenters. The van der Waals surface area contributed by atoms with Crippen molar-refractivity contribution >= 4 is 10.0 Å². The number of hydrogen-bond donors (Lipinski definition) is 2. The van der Waals surface area contributed by atoms with Gasteiger partial charge in [-0.05, 0) is 45.7 Å². The van der Waals surface area contributed by atoms with Crippen molar-refractivity contribution in [3.8, 4) is 0 Å². The molecule has 0 aliphatic carbocycles. The average Bonchev–Trinajstić information content (AvgIpc) is 2.76. The fourth-order valence-corrected chi connectivity index (χ4v) is 2.83. The molecule has 1 saturated heterocycles. The topological polar surface area (TPSA) is 69.6 Å². The molecule has 0 radical (unpaired) electrons. The molecule has 1 unspecified atom stereocenters. The Morgan fingerprint density at radius 3 is 2.82 bits per heavy atom. The first-order chi connectivity index (χ1) is 8.09. The molecule has 17 heavy (non-hydrogen) atoms. The second kappa shape index (κ2) is 7.31. The molecule has 0 spiro atoms. The number of nitrogens with zero attached hydrogens (tertiary/aromatic N) is 1. The van der Waals surface area contributed by atoms with E-state index in [0.29, 0.717) is 12.6 Å². The van der Waals surface area contributed by atoms with Crippen LogP contribution in [0.15, 0.2) is 0 Å². The van der Waals surface area contributed by atoms with Crippen LogP contribution in [-0.4, -0.2) is 56.5 Å². The Hall–Kier alpha value is -0.170. The molecule has 1 heterocycles. The number of aliphatic hydroxyl groups is 1. The Morgan fingerprint density at radius 2 is 2.18 bits per heavy atom. The van der Waals surface area contributed by atoms with Crippen LogP contribution < -0.4 is 4.72 Å². The molecule has 0 saturated carbocycles. The quantitative estimate of drug-likeness (QED) is 0.613. The normalized spacial score (nSPS) is 22.1. The fraction of sp³-hybridized carbons (Fsp3) is 1.00. The van der Waals surface area contributed by atoms with Gasteiger partial charge in [-0.3, -0.25) is 4.90 Å². The standard InChI is InChI=1S/C11H24N2O3S/c1-2-17(15,16)12-7-3-4-8-13-9-5-6-11(13)10-14/h11-12,14H,2-10H2,1H3. The summed E-state index contributed by atoms with van der Waals surface area (Å²) in [4.78, 5) is 2.30. The highest BCUT2D eigenvalue weighted by Gasteiger charge is 2.22. The molecule has 6 heteroatoms. The third-order valence-corrected chi connectivity index (χ3v) is 4.69. The summed E-state index contributed by atoms with van der Waals surface area (Å²) >= 11 is 0. The van der Waals surface area contributed by atoms with Gasteiger partial charge in [-0.15, -0.1) is 0 Å². The van der Waals surface area contributed by atoms with Crippen LogP contribution in [-0.2, 0) is 10.0 Å². The first-order valence-electron chi connectivity index (χ1n) is 6.41. The second-order valence-electron chi connectivity index (χ2n) is 4.52. The van der Waals surface area contributed by atoms with Gasteiger partial charge in [-0.25, -0.2) is 13.1 Å². The zero-order valence-electron chi connectivity index (χ0n) is 10.6. The Bertz CT molecular complexity index is 306. The predicted octanol–water partition coefficient (Wildman–Crippen LogP) is 0.163. The van der Waals surface area contributed by atoms with E-state index in [4.69, 9.17) is 5.11 Å². The van der Waals surface area contributed by atoms with Crippen LogP contribution in [0.5, 0.6) is 0 Å². The van der Waals surface area contributed by atoms with E-state index in [1.807, 2.05) is 0 Å². The molecule has 2 N–H and O–H groups in total. The molecule has 102 valence electrons. The maximum atomic E-state index is 11.2. The zero-order valence-corrected chi connectivity index (χ0v) is 11.4. The van der Waals surface area contributed by atoms with Crippen LogP contribution in [0.3, 0.4) is 0 Å². The van der Waals surface area contributed by atoms with Crippen molar-refractivity contribution in [2.24, 2.45) is 0 Å². The maximum absolute atomic E-state index is 11.2. The molecule has 0 aromatic rings. The van der Waals surface area contributed by atoms with E-state index in [2.05, 4.69) is 9.62 Å². The summed E-state index contributed by atoms with van der Waals surface area (Å²) in [5.74, 6) is 0.145. The van der Waals surface area contributed by atoms with Gasteiger partial charge in [0.05, 0.1) is 12.4 Å². The number of aliphatic hydroxyl groups excluding tert-OH is 1. The number of unbranched alkanes of at least 4 members (excludes halogenated alkanes) is 1. The highest BCUT2D eigenvalue weighted by Crippen LogP contribution is 2.16. The van der Waals surface area contributed by atoms with E-state index in [9.17, 15) is 8.42 Å². The van der Waals surface area contributed by atoms with Crippen molar-refractivity contribution in [1.29, 1.82) is 0 Å². The smallest absolute Gasteiger partial charge is 0.211 e. The van der Waals surface area contributed by atoms with Crippen molar-refractivity contribution in [3.05, 3.63) is 0 Å². The van der Waals surface area contributed by atoms with Crippen molar-refractivity contribution in [3.63, 3.8) is 0 Å². The number of sulfonamides is 1. The van der Waals surface area contributed by atoms with Gasteiger partial charge in [0, 0.05) is 12.6 Å². The highest BCUT2D eigenvalue weighted by atomic mass is 32.2. The molecule has 0 aromatic heterocycles. The Balaban J connectivity index is 2.08. The molecule has 1 rings (SSSR count). The minimum atomic E-state index is -3.04. The molecular formula is C11H24N2O3S. The van der Waals surface area contributed by atoms with Crippen molar-refractivity contribution in [1.82, 2.24) is 9.62 Å². The van der Waals surface area contributed by atoms with Gasteiger partial charge >= 0.3 is 0 Å². The SMILES string of the molecule is CCS(=O)(=O)NCCCCN1CCCC1CO. The number of hydrogen-bond acceptors (Lipinski definition) is 4. The summed E-state index contributed by atoms with van der Waals surface area (Å²) in [6, 6.07) is 0.322. The molecule has 5 nitrogen and oxygen atoms in total. The third-order valence-electron chi connectivity index (χ3n) is 3.28. The van der Waals surface area contributed by atoms with E-state index in [0.717, 1.165) is 38.8 Å². The minimum absolute atomic E-state index is 0.145. The molecule has 0 amide bonds. The van der Waals surface area contributed by atoms with Crippen molar-refractivity contribution in [2.75, 3.05) is 32.0 Å². The van der Waals surface area contributed by atoms with E-state index < -0.39 is 10.0 Å². The minimum Gasteiger partial charge on any atom is -0.395 e. The lowest BCUT2D eigenvalue weighted by Gasteiger charge is -2.22. The summed E-state index contributed by atoms with van der Waals surface area (Å²) in [7, 11) is -3.04. The van der Waals surface area contributed by atoms with E-state index in [-0.39, 0.29) is 12.4 Å². The zero-order chi connectivity index (χ0) is 12.7. The first kappa shape index (κ1) is 14.9. The van der Waals surface area contributed by atoms with Gasteiger partial charge in [0.25, 0.3) is 0 Å². The van der Waals surface area contributed by atoms with Gasteiger partial charge in [0.1, 0.15) is 0 Å². The van der Waals surface area contributed by atoms with Gasteiger partial charge in [0.15, 0.2) is 0 Å². The summed E-state index contributed by atoms with van der Waals surface area (Å²) in [5.41, 5.74) is 0. The van der Waals surface area contributed by atoms with Gasteiger partial charge < -0.3 is 5.11 Å². The average molecular weight is 264 g/mol. The fourth-order valence-electron chi connectivity index (χ4n) is 2.17. The Labute approximate surface area is 104 Å². The van der Waals surface area contributed by atoms with Gasteiger partial charge in [0.2, 0.25) is 10.0 Å². The first-order valence-corrected chi connectivity index (χ1v) is 8.06. The van der Waals surface area contributed by atoms with Gasteiger partial charge in [-0.1, -0.05) is 0 Å². The maximum Gasteiger partial charge on any atom is 0.211 e. The van der Waals surface area contributed by atoms with Crippen molar-refractivity contribution < 1.29 is 13.5 Å². The molecule has 1 fully saturated rings. The number of nitrogens with one attached hydrogen (secondary N) is 1.